The quantitative estimate of drug-likeness (QED) is 0.443. The minimum absolute atomic E-state index is 0.0569. The number of hydrogen-bond acceptors (Lipinski definition) is 6. The van der Waals surface area contributed by atoms with Crippen molar-refractivity contribution in [3.63, 3.8) is 0 Å². The number of anilines is 1. The average Bonchev–Trinajstić information content (AvgIpc) is 2.84. The first-order valence-corrected chi connectivity index (χ1v) is 13.7. The number of nitrogens with zero attached hydrogens (tertiary/aromatic N) is 2. The number of ether oxygens (including phenoxy) is 2. The van der Waals surface area contributed by atoms with Gasteiger partial charge in [-0.15, -0.1) is 0 Å². The molecular weight excluding hydrogens is 506 g/mol. The van der Waals surface area contributed by atoms with Gasteiger partial charge in [0.1, 0.15) is 24.1 Å². The van der Waals surface area contributed by atoms with Crippen molar-refractivity contribution in [2.24, 2.45) is 0 Å². The third-order valence-corrected chi connectivity index (χ3v) is 7.11. The fourth-order valence-corrected chi connectivity index (χ4v) is 4.52. The number of sulfonamides is 1. The Morgan fingerprint density at radius 2 is 1.78 bits per heavy atom. The molecule has 2 rings (SSSR count). The summed E-state index contributed by atoms with van der Waals surface area (Å²) in [7, 11) is -1.07. The van der Waals surface area contributed by atoms with E-state index >= 15 is 0 Å². The summed E-state index contributed by atoms with van der Waals surface area (Å²) in [6.07, 6.45) is 1.72. The van der Waals surface area contributed by atoms with Crippen LogP contribution in [0.4, 0.5) is 5.69 Å². The zero-order valence-electron chi connectivity index (χ0n) is 21.4. The molecule has 0 aliphatic carbocycles. The molecule has 0 unspecified atom stereocenters. The first-order valence-electron chi connectivity index (χ1n) is 11.4. The highest BCUT2D eigenvalue weighted by molar-refractivity contribution is 7.92. The maximum absolute atomic E-state index is 13.7. The number of nitrogens with one attached hydrogen (secondary N) is 1. The molecule has 2 aromatic rings. The van der Waals surface area contributed by atoms with Gasteiger partial charge < -0.3 is 19.7 Å². The maximum Gasteiger partial charge on any atom is 0.244 e. The Balaban J connectivity index is 2.48. The van der Waals surface area contributed by atoms with Gasteiger partial charge >= 0.3 is 0 Å². The van der Waals surface area contributed by atoms with Gasteiger partial charge in [-0.05, 0) is 50.1 Å². The van der Waals surface area contributed by atoms with Gasteiger partial charge in [-0.25, -0.2) is 8.42 Å². The van der Waals surface area contributed by atoms with E-state index in [9.17, 15) is 18.0 Å². The van der Waals surface area contributed by atoms with Crippen LogP contribution in [0.3, 0.4) is 0 Å². The van der Waals surface area contributed by atoms with Gasteiger partial charge in [0, 0.05) is 23.7 Å². The molecule has 0 spiro atoms. The van der Waals surface area contributed by atoms with Gasteiger partial charge in [-0.3, -0.25) is 13.9 Å². The molecule has 0 saturated carbocycles. The van der Waals surface area contributed by atoms with Crippen molar-refractivity contribution in [2.75, 3.05) is 31.3 Å². The molecule has 0 saturated heterocycles. The zero-order chi connectivity index (χ0) is 27.0. The summed E-state index contributed by atoms with van der Waals surface area (Å²) in [5, 5.41) is 3.37. The molecule has 36 heavy (non-hydrogen) atoms. The molecule has 0 fully saturated rings. The van der Waals surface area contributed by atoms with Crippen LogP contribution in [0.15, 0.2) is 42.5 Å². The molecule has 1 N–H and O–H groups in total. The van der Waals surface area contributed by atoms with Crippen LogP contribution in [-0.2, 0) is 26.2 Å². The molecule has 0 radical (unpaired) electrons. The predicted molar refractivity (Wildman–Crippen MR) is 141 cm³/mol. The van der Waals surface area contributed by atoms with Gasteiger partial charge in [0.05, 0.1) is 26.2 Å². The lowest BCUT2D eigenvalue weighted by atomic mass is 10.1. The van der Waals surface area contributed by atoms with Crippen LogP contribution >= 0.6 is 11.6 Å². The Kier molecular flexibility index (Phi) is 10.4. The Hall–Kier alpha value is -2.98. The van der Waals surface area contributed by atoms with Crippen LogP contribution in [0, 0.1) is 0 Å². The first-order chi connectivity index (χ1) is 16.9. The average molecular weight is 540 g/mol. The van der Waals surface area contributed by atoms with Crippen molar-refractivity contribution in [3.8, 4) is 11.5 Å². The summed E-state index contributed by atoms with van der Waals surface area (Å²) in [4.78, 5) is 27.9. The standard InChI is InChI=1S/C25H34ClN3O6S/c1-7-17(2)27-25(31)18(3)28(15-19-9-8-10-20(26)13-19)24(30)16-29(36(6,32)33)22-14-21(34-4)11-12-23(22)35-5/h8-14,17-18H,7,15-16H2,1-6H3,(H,27,31)/t17-,18-/m1/s1. The second-order valence-electron chi connectivity index (χ2n) is 8.45. The normalized spacial score (nSPS) is 12.9. The van der Waals surface area contributed by atoms with Crippen LogP contribution in [0.1, 0.15) is 32.8 Å². The number of benzene rings is 2. The van der Waals surface area contributed by atoms with Gasteiger partial charge in [0.2, 0.25) is 21.8 Å². The second kappa shape index (κ2) is 12.8. The van der Waals surface area contributed by atoms with Crippen LogP contribution in [0.2, 0.25) is 5.02 Å². The highest BCUT2D eigenvalue weighted by Gasteiger charge is 2.31. The first kappa shape index (κ1) is 29.3. The number of carbonyl (C=O) groups is 2. The molecular formula is C25H34ClN3O6S. The van der Waals surface area contributed by atoms with Crippen molar-refractivity contribution in [1.29, 1.82) is 0 Å². The van der Waals surface area contributed by atoms with E-state index in [4.69, 9.17) is 21.1 Å². The van der Waals surface area contributed by atoms with Crippen molar-refractivity contribution in [2.45, 2.75) is 45.8 Å². The molecule has 2 atom stereocenters. The fourth-order valence-electron chi connectivity index (χ4n) is 3.47. The van der Waals surface area contributed by atoms with Crippen molar-refractivity contribution in [3.05, 3.63) is 53.1 Å². The highest BCUT2D eigenvalue weighted by Crippen LogP contribution is 2.34. The largest absolute Gasteiger partial charge is 0.497 e. The van der Waals surface area contributed by atoms with E-state index in [1.807, 2.05) is 13.8 Å². The molecule has 0 heterocycles. The van der Waals surface area contributed by atoms with Crippen molar-refractivity contribution < 1.29 is 27.5 Å². The molecule has 0 aromatic heterocycles. The van der Waals surface area contributed by atoms with E-state index in [1.54, 1.807) is 43.3 Å². The van der Waals surface area contributed by atoms with Gasteiger partial charge in [-0.2, -0.15) is 0 Å². The monoisotopic (exact) mass is 539 g/mol. The number of carbonyl (C=O) groups excluding carboxylic acids is 2. The summed E-state index contributed by atoms with van der Waals surface area (Å²) in [5.74, 6) is -0.274. The third kappa shape index (κ3) is 7.76. The van der Waals surface area contributed by atoms with Crippen molar-refractivity contribution >= 4 is 39.1 Å². The molecule has 0 bridgehead atoms. The summed E-state index contributed by atoms with van der Waals surface area (Å²) in [6.45, 7) is 4.92. The Bertz CT molecular complexity index is 1170. The van der Waals surface area contributed by atoms with Gasteiger partial charge in [-0.1, -0.05) is 30.7 Å². The molecule has 11 heteroatoms. The number of methoxy groups -OCH3 is 2. The number of amides is 2. The molecule has 9 nitrogen and oxygen atoms in total. The number of hydrogen-bond donors (Lipinski definition) is 1. The van der Waals surface area contributed by atoms with Gasteiger partial charge in [0.15, 0.2) is 0 Å². The zero-order valence-corrected chi connectivity index (χ0v) is 23.0. The van der Waals surface area contributed by atoms with E-state index in [1.165, 1.54) is 25.2 Å². The van der Waals surface area contributed by atoms with Crippen LogP contribution in [0.25, 0.3) is 0 Å². The Morgan fingerprint density at radius 1 is 1.08 bits per heavy atom. The Morgan fingerprint density at radius 3 is 2.33 bits per heavy atom. The molecule has 2 aromatic carbocycles. The SMILES string of the molecule is CC[C@@H](C)NC(=O)[C@@H](C)N(Cc1cccc(Cl)c1)C(=O)CN(c1cc(OC)ccc1OC)S(C)(=O)=O. The fraction of sp³-hybridized carbons (Fsp3) is 0.440. The topological polar surface area (TPSA) is 105 Å². The lowest BCUT2D eigenvalue weighted by Gasteiger charge is -2.32. The molecule has 198 valence electrons. The summed E-state index contributed by atoms with van der Waals surface area (Å²) < 4.78 is 37.2. The summed E-state index contributed by atoms with van der Waals surface area (Å²) >= 11 is 6.13. The van der Waals surface area contributed by atoms with E-state index in [-0.39, 0.29) is 29.9 Å². The summed E-state index contributed by atoms with van der Waals surface area (Å²) in [6, 6.07) is 10.6. The van der Waals surface area contributed by atoms with Crippen LogP contribution in [-0.4, -0.2) is 64.2 Å². The van der Waals surface area contributed by atoms with Gasteiger partial charge in [0.25, 0.3) is 0 Å². The predicted octanol–water partition coefficient (Wildman–Crippen LogP) is 3.46. The van der Waals surface area contributed by atoms with E-state index in [0.717, 1.165) is 17.0 Å². The smallest absolute Gasteiger partial charge is 0.244 e. The van der Waals surface area contributed by atoms with E-state index in [0.29, 0.717) is 16.3 Å². The summed E-state index contributed by atoms with van der Waals surface area (Å²) in [5.41, 5.74) is 0.844. The van der Waals surface area contributed by atoms with Crippen LogP contribution in [0.5, 0.6) is 11.5 Å². The van der Waals surface area contributed by atoms with Crippen LogP contribution < -0.4 is 19.1 Å². The minimum atomic E-state index is -3.92. The molecule has 0 aliphatic heterocycles. The Labute approximate surface area is 218 Å². The lowest BCUT2D eigenvalue weighted by Crippen LogP contribution is -2.52. The number of halogens is 1. The maximum atomic E-state index is 13.7. The lowest BCUT2D eigenvalue weighted by molar-refractivity contribution is -0.139. The van der Waals surface area contributed by atoms with E-state index < -0.39 is 28.5 Å². The highest BCUT2D eigenvalue weighted by atomic mass is 35.5. The number of rotatable bonds is 12. The van der Waals surface area contributed by atoms with Crippen molar-refractivity contribution in [1.82, 2.24) is 10.2 Å². The molecule has 0 aliphatic rings. The minimum Gasteiger partial charge on any atom is -0.497 e. The third-order valence-electron chi connectivity index (χ3n) is 5.74. The molecule has 2 amide bonds. The van der Waals surface area contributed by atoms with E-state index in [2.05, 4.69) is 5.32 Å². The second-order valence-corrected chi connectivity index (χ2v) is 10.8.